The van der Waals surface area contributed by atoms with E-state index in [1.165, 1.54) is 7.11 Å². The minimum Gasteiger partial charge on any atom is -0.495 e. The van der Waals surface area contributed by atoms with Gasteiger partial charge in [-0.3, -0.25) is 9.59 Å². The summed E-state index contributed by atoms with van der Waals surface area (Å²) in [7, 11) is 1.52. The van der Waals surface area contributed by atoms with Crippen molar-refractivity contribution in [3.05, 3.63) is 78.9 Å². The molecule has 3 rings (SSSR count). The number of amides is 2. The quantitative estimate of drug-likeness (QED) is 0.597. The molecule has 3 aromatic rings. The van der Waals surface area contributed by atoms with E-state index in [4.69, 9.17) is 9.47 Å². The van der Waals surface area contributed by atoms with Crippen molar-refractivity contribution in [2.75, 3.05) is 17.7 Å². The molecule has 0 aliphatic heterocycles. The van der Waals surface area contributed by atoms with Gasteiger partial charge in [-0.15, -0.1) is 0 Å². The number of benzene rings is 3. The van der Waals surface area contributed by atoms with Crippen molar-refractivity contribution in [1.29, 1.82) is 0 Å². The maximum Gasteiger partial charge on any atom is 0.233 e. The van der Waals surface area contributed by atoms with Gasteiger partial charge in [0.05, 0.1) is 12.8 Å². The fraction of sp³-hybridized carbons (Fsp3) is 0.0909. The summed E-state index contributed by atoms with van der Waals surface area (Å²) >= 11 is 0. The average Bonchev–Trinajstić information content (AvgIpc) is 2.70. The van der Waals surface area contributed by atoms with Crippen molar-refractivity contribution in [2.45, 2.75) is 6.42 Å². The molecule has 0 saturated carbocycles. The van der Waals surface area contributed by atoms with Crippen LogP contribution >= 0.6 is 0 Å². The molecule has 6 heteroatoms. The van der Waals surface area contributed by atoms with Crippen LogP contribution in [-0.4, -0.2) is 18.9 Å². The third kappa shape index (κ3) is 5.35. The molecule has 0 aromatic heterocycles. The topological polar surface area (TPSA) is 76.7 Å². The van der Waals surface area contributed by atoms with E-state index in [-0.39, 0.29) is 6.42 Å². The van der Waals surface area contributed by atoms with Gasteiger partial charge in [-0.1, -0.05) is 30.3 Å². The Morgan fingerprint density at radius 2 is 1.36 bits per heavy atom. The van der Waals surface area contributed by atoms with E-state index < -0.39 is 11.8 Å². The van der Waals surface area contributed by atoms with Crippen LogP contribution in [0.25, 0.3) is 0 Å². The Kier molecular flexibility index (Phi) is 6.25. The van der Waals surface area contributed by atoms with Gasteiger partial charge in [-0.2, -0.15) is 0 Å². The minimum absolute atomic E-state index is 0.305. The average molecular weight is 376 g/mol. The first-order valence-electron chi connectivity index (χ1n) is 8.70. The molecule has 3 aromatic carbocycles. The molecule has 0 fully saturated rings. The summed E-state index contributed by atoms with van der Waals surface area (Å²) in [5.41, 5.74) is 1.10. The van der Waals surface area contributed by atoms with Crippen molar-refractivity contribution in [3.8, 4) is 17.2 Å². The van der Waals surface area contributed by atoms with Gasteiger partial charge in [-0.05, 0) is 48.5 Å². The molecule has 2 amide bonds. The van der Waals surface area contributed by atoms with Gasteiger partial charge < -0.3 is 20.1 Å². The molecule has 0 spiro atoms. The minimum atomic E-state index is -0.425. The molecule has 6 nitrogen and oxygen atoms in total. The normalized spacial score (nSPS) is 10.0. The number of carbonyl (C=O) groups excluding carboxylic acids is 2. The zero-order valence-electron chi connectivity index (χ0n) is 15.3. The molecule has 0 unspecified atom stereocenters. The maximum atomic E-state index is 12.1. The smallest absolute Gasteiger partial charge is 0.233 e. The predicted molar refractivity (Wildman–Crippen MR) is 108 cm³/mol. The standard InChI is InChI=1S/C22H20N2O4/c1-27-20-10-6-5-9-19(20)24-22(26)15-21(25)23-16-11-13-18(14-12-16)28-17-7-3-2-4-8-17/h2-14H,15H2,1H3,(H,23,25)(H,24,26). The number of rotatable bonds is 7. The third-order valence-corrected chi connectivity index (χ3v) is 3.82. The number of carbonyl (C=O) groups is 2. The summed E-state index contributed by atoms with van der Waals surface area (Å²) < 4.78 is 10.9. The number of ether oxygens (including phenoxy) is 2. The predicted octanol–water partition coefficient (Wildman–Crippen LogP) is 4.45. The van der Waals surface area contributed by atoms with Crippen LogP contribution in [0.2, 0.25) is 0 Å². The van der Waals surface area contributed by atoms with E-state index in [0.717, 1.165) is 5.75 Å². The third-order valence-electron chi connectivity index (χ3n) is 3.82. The van der Waals surface area contributed by atoms with Crippen LogP contribution in [-0.2, 0) is 9.59 Å². The highest BCUT2D eigenvalue weighted by atomic mass is 16.5. The second-order valence-electron chi connectivity index (χ2n) is 5.91. The van der Waals surface area contributed by atoms with Crippen LogP contribution < -0.4 is 20.1 Å². The Bertz CT molecular complexity index is 940. The second-order valence-corrected chi connectivity index (χ2v) is 5.91. The van der Waals surface area contributed by atoms with E-state index in [0.29, 0.717) is 22.9 Å². The van der Waals surface area contributed by atoms with Crippen LogP contribution in [0.1, 0.15) is 6.42 Å². The van der Waals surface area contributed by atoms with Gasteiger partial charge in [0.1, 0.15) is 23.7 Å². The molecule has 0 radical (unpaired) electrons. The van der Waals surface area contributed by atoms with Crippen LogP contribution in [0.4, 0.5) is 11.4 Å². The van der Waals surface area contributed by atoms with Gasteiger partial charge in [0.15, 0.2) is 0 Å². The number of nitrogens with one attached hydrogen (secondary N) is 2. The number of hydrogen-bond donors (Lipinski definition) is 2. The van der Waals surface area contributed by atoms with Crippen molar-refractivity contribution in [1.82, 2.24) is 0 Å². The number of hydrogen-bond acceptors (Lipinski definition) is 4. The highest BCUT2D eigenvalue weighted by Gasteiger charge is 2.12. The highest BCUT2D eigenvalue weighted by molar-refractivity contribution is 6.08. The summed E-state index contributed by atoms with van der Waals surface area (Å²) in [5, 5.41) is 5.36. The lowest BCUT2D eigenvalue weighted by Crippen LogP contribution is -2.21. The maximum absolute atomic E-state index is 12.1. The Morgan fingerprint density at radius 3 is 2.07 bits per heavy atom. The van der Waals surface area contributed by atoms with Crippen LogP contribution in [0.15, 0.2) is 78.9 Å². The Labute approximate surface area is 163 Å². The van der Waals surface area contributed by atoms with Gasteiger partial charge in [0, 0.05) is 5.69 Å². The van der Waals surface area contributed by atoms with Crippen molar-refractivity contribution in [3.63, 3.8) is 0 Å². The first-order chi connectivity index (χ1) is 13.6. The lowest BCUT2D eigenvalue weighted by Gasteiger charge is -2.10. The van der Waals surface area contributed by atoms with E-state index in [2.05, 4.69) is 10.6 Å². The molecular weight excluding hydrogens is 356 g/mol. The largest absolute Gasteiger partial charge is 0.495 e. The molecular formula is C22H20N2O4. The Balaban J connectivity index is 1.52. The molecule has 2 N–H and O–H groups in total. The van der Waals surface area contributed by atoms with E-state index >= 15 is 0 Å². The monoisotopic (exact) mass is 376 g/mol. The molecule has 0 bridgehead atoms. The van der Waals surface area contributed by atoms with Gasteiger partial charge in [0.25, 0.3) is 0 Å². The molecule has 0 atom stereocenters. The van der Waals surface area contributed by atoms with Crippen LogP contribution in [0.5, 0.6) is 17.2 Å². The SMILES string of the molecule is COc1ccccc1NC(=O)CC(=O)Nc1ccc(Oc2ccccc2)cc1. The first kappa shape index (κ1) is 19.0. The molecule has 0 heterocycles. The van der Waals surface area contributed by atoms with Gasteiger partial charge in [-0.25, -0.2) is 0 Å². The number of methoxy groups -OCH3 is 1. The fourth-order valence-electron chi connectivity index (χ4n) is 2.52. The summed E-state index contributed by atoms with van der Waals surface area (Å²) in [5.74, 6) is 1.07. The highest BCUT2D eigenvalue weighted by Crippen LogP contribution is 2.24. The fourth-order valence-corrected chi connectivity index (χ4v) is 2.52. The van der Waals surface area contributed by atoms with E-state index in [1.54, 1.807) is 48.5 Å². The molecule has 0 aliphatic carbocycles. The Morgan fingerprint density at radius 1 is 0.750 bits per heavy atom. The second kappa shape index (κ2) is 9.23. The van der Waals surface area contributed by atoms with Crippen molar-refractivity contribution in [2.24, 2.45) is 0 Å². The van der Waals surface area contributed by atoms with Gasteiger partial charge >= 0.3 is 0 Å². The zero-order chi connectivity index (χ0) is 19.8. The summed E-state index contributed by atoms with van der Waals surface area (Å²) in [6.07, 6.45) is -0.305. The van der Waals surface area contributed by atoms with E-state index in [9.17, 15) is 9.59 Å². The summed E-state index contributed by atoms with van der Waals surface area (Å²) in [4.78, 5) is 24.2. The van der Waals surface area contributed by atoms with Crippen molar-refractivity contribution < 1.29 is 19.1 Å². The first-order valence-corrected chi connectivity index (χ1v) is 8.70. The Hall–Kier alpha value is -3.80. The lowest BCUT2D eigenvalue weighted by molar-refractivity contribution is -0.123. The zero-order valence-corrected chi connectivity index (χ0v) is 15.3. The van der Waals surface area contributed by atoms with E-state index in [1.807, 2.05) is 30.3 Å². The molecule has 0 saturated heterocycles. The van der Waals surface area contributed by atoms with Crippen LogP contribution in [0, 0.1) is 0 Å². The summed E-state index contributed by atoms with van der Waals surface area (Å²) in [6.45, 7) is 0. The molecule has 0 aliphatic rings. The number of para-hydroxylation sites is 3. The van der Waals surface area contributed by atoms with Gasteiger partial charge in [0.2, 0.25) is 11.8 Å². The summed E-state index contributed by atoms with van der Waals surface area (Å²) in [6, 6.07) is 23.3. The van der Waals surface area contributed by atoms with Crippen molar-refractivity contribution >= 4 is 23.2 Å². The molecule has 28 heavy (non-hydrogen) atoms. The number of anilines is 2. The lowest BCUT2D eigenvalue weighted by atomic mass is 10.2. The van der Waals surface area contributed by atoms with Crippen LogP contribution in [0.3, 0.4) is 0 Å². The molecule has 142 valence electrons.